The van der Waals surface area contributed by atoms with Crippen LogP contribution >= 0.6 is 11.6 Å². The summed E-state index contributed by atoms with van der Waals surface area (Å²) >= 11 is 5.93. The van der Waals surface area contributed by atoms with Gasteiger partial charge in [0.25, 0.3) is 5.91 Å². The summed E-state index contributed by atoms with van der Waals surface area (Å²) < 4.78 is 5.12. The summed E-state index contributed by atoms with van der Waals surface area (Å²) in [6.07, 6.45) is 0. The molecule has 0 spiro atoms. The summed E-state index contributed by atoms with van der Waals surface area (Å²) in [7, 11) is 0. The number of nitriles is 1. The molecule has 24 heavy (non-hydrogen) atoms. The molecular weight excluding hydrogens is 328 g/mol. The Hall–Kier alpha value is -3.17. The van der Waals surface area contributed by atoms with E-state index in [-0.39, 0.29) is 18.3 Å². The third-order valence-corrected chi connectivity index (χ3v) is 3.46. The Labute approximate surface area is 142 Å². The Morgan fingerprint density at radius 2 is 2.04 bits per heavy atom. The van der Waals surface area contributed by atoms with Crippen LogP contribution in [0.1, 0.15) is 21.8 Å². The van der Waals surface area contributed by atoms with Gasteiger partial charge in [-0.25, -0.2) is 0 Å². The Kier molecular flexibility index (Phi) is 4.54. The van der Waals surface area contributed by atoms with E-state index in [9.17, 15) is 4.79 Å². The lowest BCUT2D eigenvalue weighted by Crippen LogP contribution is -2.22. The number of nitrogens with zero attached hydrogens (tertiary/aromatic N) is 3. The van der Waals surface area contributed by atoms with Gasteiger partial charge in [0.05, 0.1) is 18.2 Å². The molecule has 0 saturated heterocycles. The molecule has 6 nitrogen and oxygen atoms in total. The highest BCUT2D eigenvalue weighted by molar-refractivity contribution is 6.30. The Morgan fingerprint density at radius 1 is 1.25 bits per heavy atom. The lowest BCUT2D eigenvalue weighted by molar-refractivity contribution is 0.0946. The predicted octanol–water partition coefficient (Wildman–Crippen LogP) is 3.19. The lowest BCUT2D eigenvalue weighted by Gasteiger charge is -2.02. The molecule has 0 unspecified atom stereocenters. The first kappa shape index (κ1) is 15.7. The molecule has 0 fully saturated rings. The van der Waals surface area contributed by atoms with Crippen molar-refractivity contribution >= 4 is 17.5 Å². The van der Waals surface area contributed by atoms with Crippen LogP contribution in [0.15, 0.2) is 53.1 Å². The standard InChI is InChI=1S/C17H11ClN4O2/c18-14-3-1-2-13(8-14)16-21-15(24-22-16)10-20-17(23)12-6-4-11(9-19)5-7-12/h1-8H,10H2,(H,20,23). The second-order valence-electron chi connectivity index (χ2n) is 4.89. The van der Waals surface area contributed by atoms with Crippen molar-refractivity contribution in [1.29, 1.82) is 5.26 Å². The van der Waals surface area contributed by atoms with Gasteiger partial charge < -0.3 is 9.84 Å². The number of carbonyl (C=O) groups excluding carboxylic acids is 1. The van der Waals surface area contributed by atoms with E-state index < -0.39 is 0 Å². The predicted molar refractivity (Wildman–Crippen MR) is 87.1 cm³/mol. The number of aromatic nitrogens is 2. The van der Waals surface area contributed by atoms with Gasteiger partial charge in [0.15, 0.2) is 0 Å². The number of halogens is 1. The molecule has 0 aliphatic rings. The minimum absolute atomic E-state index is 0.104. The van der Waals surface area contributed by atoms with Gasteiger partial charge in [-0.3, -0.25) is 4.79 Å². The molecule has 0 atom stereocenters. The Morgan fingerprint density at radius 3 is 2.75 bits per heavy atom. The van der Waals surface area contributed by atoms with Gasteiger partial charge in [-0.1, -0.05) is 28.9 Å². The monoisotopic (exact) mass is 338 g/mol. The van der Waals surface area contributed by atoms with Crippen LogP contribution in [0.4, 0.5) is 0 Å². The maximum atomic E-state index is 12.0. The van der Waals surface area contributed by atoms with Gasteiger partial charge in [0, 0.05) is 16.1 Å². The molecule has 1 aromatic heterocycles. The van der Waals surface area contributed by atoms with E-state index in [1.165, 1.54) is 0 Å². The molecule has 7 heteroatoms. The van der Waals surface area contributed by atoms with Crippen LogP contribution in [0, 0.1) is 11.3 Å². The highest BCUT2D eigenvalue weighted by Gasteiger charge is 2.11. The molecule has 0 radical (unpaired) electrons. The third-order valence-electron chi connectivity index (χ3n) is 3.23. The van der Waals surface area contributed by atoms with Crippen molar-refractivity contribution in [2.75, 3.05) is 0 Å². The molecule has 0 aliphatic carbocycles. The summed E-state index contributed by atoms with van der Waals surface area (Å²) in [4.78, 5) is 16.3. The van der Waals surface area contributed by atoms with E-state index in [1.54, 1.807) is 42.5 Å². The number of amides is 1. The van der Waals surface area contributed by atoms with Crippen LogP contribution in [0.3, 0.4) is 0 Å². The average molecular weight is 339 g/mol. The zero-order chi connectivity index (χ0) is 16.9. The number of hydrogen-bond donors (Lipinski definition) is 1. The summed E-state index contributed by atoms with van der Waals surface area (Å²) in [5.74, 6) is 0.397. The third kappa shape index (κ3) is 3.59. The molecular formula is C17H11ClN4O2. The van der Waals surface area contributed by atoms with Gasteiger partial charge in [-0.2, -0.15) is 10.2 Å². The van der Waals surface area contributed by atoms with Crippen LogP contribution in [-0.2, 0) is 6.54 Å². The van der Waals surface area contributed by atoms with Crippen molar-refractivity contribution in [2.45, 2.75) is 6.54 Å². The summed E-state index contributed by atoms with van der Waals surface area (Å²) in [6, 6.07) is 15.4. The normalized spacial score (nSPS) is 10.2. The van der Waals surface area contributed by atoms with Crippen molar-refractivity contribution in [1.82, 2.24) is 15.5 Å². The van der Waals surface area contributed by atoms with Gasteiger partial charge in [-0.05, 0) is 36.4 Å². The average Bonchev–Trinajstić information content (AvgIpc) is 3.09. The Balaban J connectivity index is 1.64. The largest absolute Gasteiger partial charge is 0.343 e. The number of hydrogen-bond acceptors (Lipinski definition) is 5. The molecule has 3 aromatic rings. The number of carbonyl (C=O) groups is 1. The van der Waals surface area contributed by atoms with E-state index in [1.807, 2.05) is 12.1 Å². The van der Waals surface area contributed by atoms with Crippen LogP contribution in [0.5, 0.6) is 0 Å². The maximum Gasteiger partial charge on any atom is 0.251 e. The van der Waals surface area contributed by atoms with Crippen LogP contribution in [0.2, 0.25) is 5.02 Å². The molecule has 3 rings (SSSR count). The van der Waals surface area contributed by atoms with Gasteiger partial charge in [-0.15, -0.1) is 0 Å². The zero-order valence-corrected chi connectivity index (χ0v) is 13.1. The van der Waals surface area contributed by atoms with Crippen LogP contribution in [-0.4, -0.2) is 16.0 Å². The highest BCUT2D eigenvalue weighted by atomic mass is 35.5. The van der Waals surface area contributed by atoms with E-state index in [0.717, 1.165) is 5.56 Å². The smallest absolute Gasteiger partial charge is 0.251 e. The van der Waals surface area contributed by atoms with Crippen LogP contribution < -0.4 is 5.32 Å². The van der Waals surface area contributed by atoms with Crippen molar-refractivity contribution in [3.05, 3.63) is 70.6 Å². The second-order valence-corrected chi connectivity index (χ2v) is 5.33. The first-order chi connectivity index (χ1) is 11.7. The fourth-order valence-electron chi connectivity index (χ4n) is 2.03. The van der Waals surface area contributed by atoms with E-state index in [4.69, 9.17) is 21.4 Å². The van der Waals surface area contributed by atoms with E-state index in [2.05, 4.69) is 15.5 Å². The molecule has 0 aliphatic heterocycles. The maximum absolute atomic E-state index is 12.0. The fourth-order valence-corrected chi connectivity index (χ4v) is 2.22. The SMILES string of the molecule is N#Cc1ccc(C(=O)NCc2nc(-c3cccc(Cl)c3)no2)cc1. The fraction of sp³-hybridized carbons (Fsp3) is 0.0588. The van der Waals surface area contributed by atoms with Crippen molar-refractivity contribution in [3.63, 3.8) is 0 Å². The molecule has 118 valence electrons. The lowest BCUT2D eigenvalue weighted by atomic mass is 10.1. The molecule has 1 N–H and O–H groups in total. The van der Waals surface area contributed by atoms with Crippen molar-refractivity contribution < 1.29 is 9.32 Å². The van der Waals surface area contributed by atoms with Gasteiger partial charge >= 0.3 is 0 Å². The summed E-state index contributed by atoms with van der Waals surface area (Å²) in [5.41, 5.74) is 1.68. The number of nitrogens with one attached hydrogen (secondary N) is 1. The van der Waals surface area contributed by atoms with E-state index >= 15 is 0 Å². The molecule has 0 saturated carbocycles. The van der Waals surface area contributed by atoms with Gasteiger partial charge in [0.2, 0.25) is 11.7 Å². The quantitative estimate of drug-likeness (QED) is 0.788. The van der Waals surface area contributed by atoms with Crippen molar-refractivity contribution in [3.8, 4) is 17.5 Å². The van der Waals surface area contributed by atoms with Crippen LogP contribution in [0.25, 0.3) is 11.4 Å². The topological polar surface area (TPSA) is 91.8 Å². The summed E-state index contributed by atoms with van der Waals surface area (Å²) in [6.45, 7) is 0.104. The first-order valence-electron chi connectivity index (χ1n) is 7.02. The highest BCUT2D eigenvalue weighted by Crippen LogP contribution is 2.19. The second kappa shape index (κ2) is 6.94. The van der Waals surface area contributed by atoms with Gasteiger partial charge in [0.1, 0.15) is 0 Å². The van der Waals surface area contributed by atoms with E-state index in [0.29, 0.717) is 22.0 Å². The molecule has 0 bridgehead atoms. The molecule has 2 aromatic carbocycles. The number of benzene rings is 2. The zero-order valence-electron chi connectivity index (χ0n) is 12.4. The van der Waals surface area contributed by atoms with Crippen molar-refractivity contribution in [2.24, 2.45) is 0 Å². The molecule has 1 amide bonds. The minimum Gasteiger partial charge on any atom is -0.343 e. The molecule has 1 heterocycles. The summed E-state index contributed by atoms with van der Waals surface area (Å²) in [5, 5.41) is 15.9. The Bertz CT molecular complexity index is 913. The minimum atomic E-state index is -0.290. The first-order valence-corrected chi connectivity index (χ1v) is 7.40. The number of rotatable bonds is 4.